The second-order valence-corrected chi connectivity index (χ2v) is 6.01. The van der Waals surface area contributed by atoms with E-state index in [4.69, 9.17) is 0 Å². The summed E-state index contributed by atoms with van der Waals surface area (Å²) >= 11 is 0. The molecule has 0 unspecified atom stereocenters. The van der Waals surface area contributed by atoms with Crippen LogP contribution in [0.25, 0.3) is 0 Å². The SMILES string of the molecule is O=S(=O)(NCC1=CCCCC1)c1ccccc1. The molecule has 0 fully saturated rings. The van der Waals surface area contributed by atoms with E-state index in [9.17, 15) is 8.42 Å². The molecule has 0 spiro atoms. The average Bonchev–Trinajstić information content (AvgIpc) is 2.39. The Bertz CT molecular complexity index is 491. The molecule has 3 nitrogen and oxygen atoms in total. The summed E-state index contributed by atoms with van der Waals surface area (Å²) in [6.07, 6.45) is 6.62. The van der Waals surface area contributed by atoms with Crippen LogP contribution in [0.2, 0.25) is 0 Å². The van der Waals surface area contributed by atoms with Gasteiger partial charge in [-0.25, -0.2) is 13.1 Å². The number of nitrogens with one attached hydrogen (secondary N) is 1. The molecule has 1 aromatic carbocycles. The minimum absolute atomic E-state index is 0.330. The average molecular weight is 251 g/mol. The van der Waals surface area contributed by atoms with E-state index in [0.29, 0.717) is 11.4 Å². The second kappa shape index (κ2) is 5.47. The summed E-state index contributed by atoms with van der Waals surface area (Å²) < 4.78 is 26.5. The van der Waals surface area contributed by atoms with Crippen molar-refractivity contribution in [2.45, 2.75) is 30.6 Å². The number of hydrogen-bond acceptors (Lipinski definition) is 2. The topological polar surface area (TPSA) is 46.2 Å². The maximum atomic E-state index is 11.9. The first kappa shape index (κ1) is 12.3. The van der Waals surface area contributed by atoms with Crippen molar-refractivity contribution in [3.8, 4) is 0 Å². The third-order valence-corrected chi connectivity index (χ3v) is 4.34. The molecule has 0 aromatic heterocycles. The third kappa shape index (κ3) is 3.41. The van der Waals surface area contributed by atoms with Gasteiger partial charge in [-0.2, -0.15) is 0 Å². The molecule has 0 saturated carbocycles. The van der Waals surface area contributed by atoms with Crippen LogP contribution < -0.4 is 4.72 Å². The maximum absolute atomic E-state index is 11.9. The van der Waals surface area contributed by atoms with Crippen molar-refractivity contribution in [3.63, 3.8) is 0 Å². The van der Waals surface area contributed by atoms with E-state index in [1.165, 1.54) is 18.4 Å². The van der Waals surface area contributed by atoms with Crippen LogP contribution in [-0.4, -0.2) is 15.0 Å². The number of rotatable bonds is 4. The van der Waals surface area contributed by atoms with Gasteiger partial charge in [0.1, 0.15) is 0 Å². The fourth-order valence-electron chi connectivity index (χ4n) is 1.94. The summed E-state index contributed by atoms with van der Waals surface area (Å²) in [4.78, 5) is 0.330. The van der Waals surface area contributed by atoms with Crippen LogP contribution in [0.15, 0.2) is 46.9 Å². The van der Waals surface area contributed by atoms with Crippen molar-refractivity contribution >= 4 is 10.0 Å². The molecular formula is C13H17NO2S. The molecule has 17 heavy (non-hydrogen) atoms. The van der Waals surface area contributed by atoms with E-state index in [2.05, 4.69) is 10.8 Å². The highest BCUT2D eigenvalue weighted by molar-refractivity contribution is 7.89. The van der Waals surface area contributed by atoms with Crippen molar-refractivity contribution in [2.75, 3.05) is 6.54 Å². The second-order valence-electron chi connectivity index (χ2n) is 4.25. The highest BCUT2D eigenvalue weighted by Gasteiger charge is 2.13. The van der Waals surface area contributed by atoms with Gasteiger partial charge in [0.25, 0.3) is 0 Å². The summed E-state index contributed by atoms with van der Waals surface area (Å²) in [5, 5.41) is 0. The zero-order valence-electron chi connectivity index (χ0n) is 9.72. The van der Waals surface area contributed by atoms with Gasteiger partial charge in [-0.1, -0.05) is 29.8 Å². The van der Waals surface area contributed by atoms with Gasteiger partial charge in [-0.15, -0.1) is 0 Å². The molecule has 1 aliphatic rings. The zero-order valence-corrected chi connectivity index (χ0v) is 10.5. The number of hydrogen-bond donors (Lipinski definition) is 1. The lowest BCUT2D eigenvalue weighted by Gasteiger charge is -2.13. The smallest absolute Gasteiger partial charge is 0.207 e. The van der Waals surface area contributed by atoms with Crippen molar-refractivity contribution in [1.29, 1.82) is 0 Å². The van der Waals surface area contributed by atoms with Crippen molar-refractivity contribution in [2.24, 2.45) is 0 Å². The molecule has 0 bridgehead atoms. The number of allylic oxidation sites excluding steroid dienone is 1. The standard InChI is InChI=1S/C13H17NO2S/c15-17(16,13-9-5-2-6-10-13)14-11-12-7-3-1-4-8-12/h2,5-7,9-10,14H,1,3-4,8,11H2. The molecule has 92 valence electrons. The molecule has 0 saturated heterocycles. The fraction of sp³-hybridized carbons (Fsp3) is 0.385. The molecular weight excluding hydrogens is 234 g/mol. The lowest BCUT2D eigenvalue weighted by molar-refractivity contribution is 0.582. The van der Waals surface area contributed by atoms with E-state index in [1.807, 2.05) is 6.07 Å². The van der Waals surface area contributed by atoms with E-state index >= 15 is 0 Å². The minimum Gasteiger partial charge on any atom is -0.207 e. The van der Waals surface area contributed by atoms with Gasteiger partial charge in [-0.3, -0.25) is 0 Å². The van der Waals surface area contributed by atoms with Gasteiger partial charge in [0.2, 0.25) is 10.0 Å². The molecule has 0 atom stereocenters. The van der Waals surface area contributed by atoms with Gasteiger partial charge >= 0.3 is 0 Å². The van der Waals surface area contributed by atoms with Crippen LogP contribution in [0.3, 0.4) is 0 Å². The molecule has 4 heteroatoms. The fourth-order valence-corrected chi connectivity index (χ4v) is 2.99. The van der Waals surface area contributed by atoms with Crippen LogP contribution in [-0.2, 0) is 10.0 Å². The first-order chi connectivity index (χ1) is 8.18. The Morgan fingerprint density at radius 1 is 1.12 bits per heavy atom. The Kier molecular flexibility index (Phi) is 3.97. The quantitative estimate of drug-likeness (QED) is 0.836. The molecule has 1 aliphatic carbocycles. The maximum Gasteiger partial charge on any atom is 0.240 e. The summed E-state index contributed by atoms with van der Waals surface area (Å²) in [5.74, 6) is 0. The van der Waals surface area contributed by atoms with E-state index in [1.54, 1.807) is 24.3 Å². The summed E-state index contributed by atoms with van der Waals surface area (Å²) in [5.41, 5.74) is 1.20. The van der Waals surface area contributed by atoms with E-state index in [-0.39, 0.29) is 0 Å². The Hall–Kier alpha value is -1.13. The van der Waals surface area contributed by atoms with Crippen LogP contribution in [0, 0.1) is 0 Å². The van der Waals surface area contributed by atoms with Crippen molar-refractivity contribution in [1.82, 2.24) is 4.72 Å². The van der Waals surface area contributed by atoms with Crippen molar-refractivity contribution in [3.05, 3.63) is 42.0 Å². The number of sulfonamides is 1. The van der Waals surface area contributed by atoms with E-state index < -0.39 is 10.0 Å². The van der Waals surface area contributed by atoms with E-state index in [0.717, 1.165) is 12.8 Å². The Morgan fingerprint density at radius 2 is 1.88 bits per heavy atom. The molecule has 2 rings (SSSR count). The van der Waals surface area contributed by atoms with Crippen LogP contribution >= 0.6 is 0 Å². The van der Waals surface area contributed by atoms with Crippen LogP contribution in [0.4, 0.5) is 0 Å². The predicted molar refractivity (Wildman–Crippen MR) is 68.2 cm³/mol. The Balaban J connectivity index is 2.01. The highest BCUT2D eigenvalue weighted by Crippen LogP contribution is 2.17. The monoisotopic (exact) mass is 251 g/mol. The largest absolute Gasteiger partial charge is 0.240 e. The Labute approximate surface area is 103 Å². The van der Waals surface area contributed by atoms with Gasteiger partial charge in [0.05, 0.1) is 4.90 Å². The minimum atomic E-state index is -3.35. The predicted octanol–water partition coefficient (Wildman–Crippen LogP) is 2.47. The molecule has 1 aromatic rings. The van der Waals surface area contributed by atoms with Crippen molar-refractivity contribution < 1.29 is 8.42 Å². The van der Waals surface area contributed by atoms with Crippen LogP contribution in [0.1, 0.15) is 25.7 Å². The molecule has 0 aliphatic heterocycles. The summed E-state index contributed by atoms with van der Waals surface area (Å²) in [6, 6.07) is 8.49. The highest BCUT2D eigenvalue weighted by atomic mass is 32.2. The van der Waals surface area contributed by atoms with Gasteiger partial charge in [-0.05, 0) is 37.8 Å². The van der Waals surface area contributed by atoms with Gasteiger partial charge in [0.15, 0.2) is 0 Å². The lowest BCUT2D eigenvalue weighted by Crippen LogP contribution is -2.26. The molecule has 0 radical (unpaired) electrons. The summed E-state index contributed by atoms with van der Waals surface area (Å²) in [6.45, 7) is 0.442. The Morgan fingerprint density at radius 3 is 2.53 bits per heavy atom. The van der Waals surface area contributed by atoms with Gasteiger partial charge < -0.3 is 0 Å². The first-order valence-electron chi connectivity index (χ1n) is 5.91. The molecule has 1 N–H and O–H groups in total. The molecule has 0 amide bonds. The summed E-state index contributed by atoms with van der Waals surface area (Å²) in [7, 11) is -3.35. The van der Waals surface area contributed by atoms with Gasteiger partial charge in [0, 0.05) is 6.54 Å². The number of benzene rings is 1. The molecule has 0 heterocycles. The zero-order chi connectivity index (χ0) is 12.1. The van der Waals surface area contributed by atoms with Crippen LogP contribution in [0.5, 0.6) is 0 Å². The third-order valence-electron chi connectivity index (χ3n) is 2.93. The normalized spacial score (nSPS) is 16.6. The lowest BCUT2D eigenvalue weighted by atomic mass is 10.0. The first-order valence-corrected chi connectivity index (χ1v) is 7.39.